The molecule has 0 bridgehead atoms. The van der Waals surface area contributed by atoms with Crippen molar-refractivity contribution in [1.29, 1.82) is 0 Å². The SMILES string of the molecule is C[Si](C)(CCCC(=O)O)O[Si](C)(C)CSc1ncc(COCCOCCOCCOCCOCCOCCN=[N+]=[N-])cn1. The molecule has 1 heterocycles. The van der Waals surface area contributed by atoms with E-state index in [0.717, 1.165) is 17.0 Å². The Labute approximate surface area is 261 Å². The molecule has 0 aliphatic heterocycles. The summed E-state index contributed by atoms with van der Waals surface area (Å²) in [7, 11) is -3.85. The number of azide groups is 1. The van der Waals surface area contributed by atoms with Gasteiger partial charge in [0.25, 0.3) is 0 Å². The maximum absolute atomic E-state index is 10.8. The predicted molar refractivity (Wildman–Crippen MR) is 168 cm³/mol. The first-order valence-electron chi connectivity index (χ1n) is 14.5. The van der Waals surface area contributed by atoms with Gasteiger partial charge < -0.3 is 37.6 Å². The fourth-order valence-corrected chi connectivity index (χ4v) is 14.0. The van der Waals surface area contributed by atoms with Gasteiger partial charge in [0.2, 0.25) is 0 Å². The van der Waals surface area contributed by atoms with Crippen molar-refractivity contribution in [3.05, 3.63) is 28.4 Å². The van der Waals surface area contributed by atoms with E-state index in [4.69, 9.17) is 43.2 Å². The lowest BCUT2D eigenvalue weighted by Gasteiger charge is -2.33. The van der Waals surface area contributed by atoms with Crippen LogP contribution in [0.3, 0.4) is 0 Å². The van der Waals surface area contributed by atoms with Crippen molar-refractivity contribution in [1.82, 2.24) is 9.97 Å². The lowest BCUT2D eigenvalue weighted by molar-refractivity contribution is -0.137. The second kappa shape index (κ2) is 24.7. The van der Waals surface area contributed by atoms with Gasteiger partial charge in [-0.05, 0) is 44.2 Å². The Hall–Kier alpha value is -1.64. The average molecular weight is 664 g/mol. The lowest BCUT2D eigenvalue weighted by atomic mass is 10.3. The summed E-state index contributed by atoms with van der Waals surface area (Å²) in [5.74, 6) is -0.753. The number of hydrogen-bond acceptors (Lipinski definition) is 12. The number of thioether (sulfide) groups is 1. The number of rotatable bonds is 29. The van der Waals surface area contributed by atoms with Gasteiger partial charge in [0, 0.05) is 41.2 Å². The second-order valence-electron chi connectivity index (χ2n) is 10.6. The molecule has 0 radical (unpaired) electrons. The largest absolute Gasteiger partial charge is 0.481 e. The van der Waals surface area contributed by atoms with Crippen LogP contribution in [0.4, 0.5) is 0 Å². The molecule has 14 nitrogen and oxygen atoms in total. The first kappa shape index (κ1) is 39.4. The maximum Gasteiger partial charge on any atom is 0.303 e. The molecule has 0 aliphatic carbocycles. The third-order valence-electron chi connectivity index (χ3n) is 5.48. The highest BCUT2D eigenvalue weighted by Crippen LogP contribution is 2.25. The zero-order chi connectivity index (χ0) is 31.7. The zero-order valence-corrected chi connectivity index (χ0v) is 28.8. The van der Waals surface area contributed by atoms with E-state index in [1.54, 1.807) is 24.2 Å². The van der Waals surface area contributed by atoms with Crippen LogP contribution in [0.25, 0.3) is 10.4 Å². The number of nitrogens with zero attached hydrogens (tertiary/aromatic N) is 5. The molecule has 1 N–H and O–H groups in total. The normalized spacial score (nSPS) is 11.9. The molecule has 43 heavy (non-hydrogen) atoms. The molecule has 0 fully saturated rings. The van der Waals surface area contributed by atoms with Gasteiger partial charge in [0.1, 0.15) is 0 Å². The van der Waals surface area contributed by atoms with Crippen LogP contribution < -0.4 is 0 Å². The first-order valence-corrected chi connectivity index (χ1v) is 21.7. The minimum Gasteiger partial charge on any atom is -0.481 e. The summed E-state index contributed by atoms with van der Waals surface area (Å²) < 4.78 is 39.2. The second-order valence-corrected chi connectivity index (χ2v) is 20.8. The summed E-state index contributed by atoms with van der Waals surface area (Å²) in [6, 6.07) is 0.847. The fourth-order valence-electron chi connectivity index (χ4n) is 3.66. The van der Waals surface area contributed by atoms with E-state index in [9.17, 15) is 4.79 Å². The van der Waals surface area contributed by atoms with Crippen LogP contribution in [0.15, 0.2) is 22.7 Å². The van der Waals surface area contributed by atoms with E-state index in [0.29, 0.717) is 97.4 Å². The van der Waals surface area contributed by atoms with Crippen LogP contribution in [0.1, 0.15) is 18.4 Å². The molecule has 0 saturated heterocycles. The molecule has 1 rings (SSSR count). The molecular weight excluding hydrogens is 615 g/mol. The Morgan fingerprint density at radius 3 is 1.81 bits per heavy atom. The van der Waals surface area contributed by atoms with E-state index in [-0.39, 0.29) is 6.42 Å². The number of carboxylic acids is 1. The Morgan fingerprint density at radius 2 is 1.33 bits per heavy atom. The first-order chi connectivity index (χ1) is 20.6. The van der Waals surface area contributed by atoms with Crippen LogP contribution in [0.5, 0.6) is 0 Å². The highest BCUT2D eigenvalue weighted by molar-refractivity contribution is 8.00. The van der Waals surface area contributed by atoms with Crippen LogP contribution >= 0.6 is 11.8 Å². The maximum atomic E-state index is 10.8. The molecule has 246 valence electrons. The minimum absolute atomic E-state index is 0.195. The Morgan fingerprint density at radius 1 is 0.837 bits per heavy atom. The number of carboxylic acid groups (broad SMARTS) is 1. The molecule has 0 atom stereocenters. The van der Waals surface area contributed by atoms with Gasteiger partial charge in [0.05, 0.1) is 79.3 Å². The van der Waals surface area contributed by atoms with E-state index in [1.807, 2.05) is 0 Å². The standard InChI is InChI=1S/C26H49N5O9SSi2/c1-42(2,19-5-6-25(32)33)40-43(3,4)23-41-26-28-20-24(21-29-26)22-39-18-17-38-16-15-37-14-13-36-12-11-35-10-9-34-8-7-30-31-27/h20-21H,5-19,22-23H2,1-4H3,(H,32,33). The van der Waals surface area contributed by atoms with E-state index in [2.05, 4.69) is 46.2 Å². The van der Waals surface area contributed by atoms with Gasteiger partial charge in [0.15, 0.2) is 21.8 Å². The Balaban J connectivity index is 1.99. The summed E-state index contributed by atoms with van der Waals surface area (Å²) in [5, 5.41) is 13.8. The Kier molecular flexibility index (Phi) is 22.6. The fraction of sp³-hybridized carbons (Fsp3) is 0.808. The van der Waals surface area contributed by atoms with Crippen molar-refractivity contribution < 1.29 is 42.4 Å². The van der Waals surface area contributed by atoms with Crippen LogP contribution in [0, 0.1) is 0 Å². The highest BCUT2D eigenvalue weighted by atomic mass is 32.2. The van der Waals surface area contributed by atoms with Gasteiger partial charge in [-0.1, -0.05) is 16.9 Å². The molecule has 1 aromatic rings. The highest BCUT2D eigenvalue weighted by Gasteiger charge is 2.33. The van der Waals surface area contributed by atoms with E-state index < -0.39 is 22.6 Å². The van der Waals surface area contributed by atoms with E-state index >= 15 is 0 Å². The Bertz CT molecular complexity index is 914. The van der Waals surface area contributed by atoms with Gasteiger partial charge >= 0.3 is 5.97 Å². The third-order valence-corrected chi connectivity index (χ3v) is 15.3. The van der Waals surface area contributed by atoms with Crippen molar-refractivity contribution in [2.45, 2.75) is 56.8 Å². The summed E-state index contributed by atoms with van der Waals surface area (Å²) in [4.78, 5) is 22.3. The molecule has 0 spiro atoms. The molecule has 0 amide bonds. The molecule has 0 saturated carbocycles. The third kappa shape index (κ3) is 24.4. The summed E-state index contributed by atoms with van der Waals surface area (Å²) >= 11 is 1.60. The molecule has 0 aromatic carbocycles. The number of aromatic nitrogens is 2. The topological polar surface area (TPSA) is 176 Å². The van der Waals surface area contributed by atoms with Crippen molar-refractivity contribution in [2.75, 3.05) is 84.6 Å². The minimum atomic E-state index is -1.95. The smallest absolute Gasteiger partial charge is 0.303 e. The van der Waals surface area contributed by atoms with Crippen molar-refractivity contribution >= 4 is 34.4 Å². The lowest BCUT2D eigenvalue weighted by Crippen LogP contribution is -2.46. The number of hydrogen-bond donors (Lipinski definition) is 1. The van der Waals surface area contributed by atoms with E-state index in [1.165, 1.54) is 0 Å². The monoisotopic (exact) mass is 663 g/mol. The quantitative estimate of drug-likeness (QED) is 0.0245. The molecule has 0 aliphatic rings. The number of aliphatic carboxylic acids is 1. The zero-order valence-electron chi connectivity index (χ0n) is 26.0. The molecule has 0 unspecified atom stereocenters. The van der Waals surface area contributed by atoms with Crippen molar-refractivity contribution in [2.24, 2.45) is 5.11 Å². The van der Waals surface area contributed by atoms with Gasteiger partial charge in [-0.25, -0.2) is 9.97 Å². The van der Waals surface area contributed by atoms with Crippen molar-refractivity contribution in [3.63, 3.8) is 0 Å². The van der Waals surface area contributed by atoms with Crippen molar-refractivity contribution in [3.8, 4) is 0 Å². The average Bonchev–Trinajstić information content (AvgIpc) is 2.95. The summed E-state index contributed by atoms with van der Waals surface area (Å²) in [5.41, 5.74) is 9.04. The molecular formula is C26H49N5O9SSi2. The van der Waals surface area contributed by atoms with Crippen LogP contribution in [-0.2, 0) is 43.9 Å². The van der Waals surface area contributed by atoms with Gasteiger partial charge in [-0.2, -0.15) is 0 Å². The predicted octanol–water partition coefficient (Wildman–Crippen LogP) is 4.31. The summed E-state index contributed by atoms with van der Waals surface area (Å²) in [6.07, 6.45) is 4.42. The number of carbonyl (C=O) groups is 1. The van der Waals surface area contributed by atoms with Gasteiger partial charge in [-0.15, -0.1) is 0 Å². The number of ether oxygens (including phenoxy) is 6. The molecule has 17 heteroatoms. The summed E-state index contributed by atoms with van der Waals surface area (Å²) in [6.45, 7) is 14.6. The molecule has 1 aromatic heterocycles. The van der Waals surface area contributed by atoms with Crippen LogP contribution in [-0.4, -0.2) is 122 Å². The van der Waals surface area contributed by atoms with Crippen LogP contribution in [0.2, 0.25) is 32.2 Å². The van der Waals surface area contributed by atoms with Gasteiger partial charge in [-0.3, -0.25) is 4.79 Å².